The van der Waals surface area contributed by atoms with Gasteiger partial charge in [0.05, 0.1) is 84.4 Å². The zero-order valence-electron chi connectivity index (χ0n) is 90.9. The highest BCUT2D eigenvalue weighted by Crippen LogP contribution is 2.43. The van der Waals surface area contributed by atoms with Gasteiger partial charge < -0.3 is 85.6 Å². The Bertz CT molecular complexity index is 5060. The minimum Gasteiger partial charge on any atom is -0.491 e. The quantitative estimate of drug-likeness (QED) is 0.00393. The molecule has 12 atom stereocenters. The third-order valence-corrected chi connectivity index (χ3v) is 54.4. The molecule has 0 unspecified atom stereocenters. The fourth-order valence-electron chi connectivity index (χ4n) is 10.0. The lowest BCUT2D eigenvalue weighted by molar-refractivity contribution is -0.384. The van der Waals surface area contributed by atoms with Crippen molar-refractivity contribution in [1.82, 2.24) is 0 Å². The van der Waals surface area contributed by atoms with Crippen molar-refractivity contribution in [1.29, 1.82) is 0 Å². The van der Waals surface area contributed by atoms with Crippen LogP contribution in [0.25, 0.3) is 67.5 Å². The van der Waals surface area contributed by atoms with Crippen LogP contribution >= 0.6 is 50.7 Å². The molecule has 822 valence electrons. The third kappa shape index (κ3) is 51.9. The van der Waals surface area contributed by atoms with Gasteiger partial charge >= 0.3 is 0 Å². The molecule has 6 aromatic carbocycles. The van der Waals surface area contributed by atoms with Crippen molar-refractivity contribution in [2.24, 2.45) is 30.7 Å². The lowest BCUT2D eigenvalue weighted by atomic mass is 10.2. The standard InChI is InChI=1S/C17H26N4O3Si.C16H26BrN3O3Si.C16H25Cl2N3O3Si.C16H26ClN3O3Si.C16H26FN3O3Si.C16H26N4O5Si/c1-17(2,3)25(5,6)24-11-15(20-21-18)16(22)12-23-14-9-7-13(19-4)8-10-14;1-16(2,3)24(4,5)23-10-14(19-20-18)15(21)11-22-13-8-6-12(17)7-9-13;1-16(2,3)25(4,5)24-9-14(20-21-19)15(22)10-23-13-7-11(17)6-12(18)8-13;2*1-16(2,3)24(4,5)23-10-14(19-20-18)15(21)11-22-13-8-6-12(17)7-9-13;1-16(2,3)26(4,5)25-10-14(18-19-17)15(21)11-24-13-8-6-12(7-9-13)20(22)23/h7-10,15-16,22H,11-12H2,1-3,5-6H3;6-9,14-15,21H,10-11H2,1-5H3;6-8,14-15,22H,9-10H2,1-5H3;2*6-9,14-15,21H,10-11H2,1-5H3;6-9,14-15,21H,10-11H2,1-5H3/t15-,16+;5*14-,15+/m000000/s1. The molecule has 51 heteroatoms. The summed E-state index contributed by atoms with van der Waals surface area (Å²) in [5.74, 6) is 2.64. The largest absolute Gasteiger partial charge is 0.491 e. The van der Waals surface area contributed by atoms with E-state index in [1.165, 1.54) is 48.5 Å². The Morgan fingerprint density at radius 3 is 0.709 bits per heavy atom. The number of hydrogen-bond donors (Lipinski definition) is 6. The van der Waals surface area contributed by atoms with Crippen molar-refractivity contribution in [2.45, 2.75) is 306 Å². The predicted octanol–water partition coefficient (Wildman–Crippen LogP) is 28.1. The number of aliphatic hydroxyl groups excluding tert-OH is 6. The Morgan fingerprint density at radius 2 is 0.514 bits per heavy atom. The van der Waals surface area contributed by atoms with Crippen LogP contribution in [0.5, 0.6) is 34.5 Å². The van der Waals surface area contributed by atoms with Crippen LogP contribution in [0.3, 0.4) is 0 Å². The van der Waals surface area contributed by atoms with E-state index in [1.807, 2.05) is 12.1 Å². The van der Waals surface area contributed by atoms with Crippen molar-refractivity contribution in [2.75, 3.05) is 79.3 Å². The number of hydrogen-bond acceptors (Lipinski definition) is 26. The molecule has 0 fully saturated rings. The van der Waals surface area contributed by atoms with Gasteiger partial charge in [-0.05, 0) is 257 Å². The second-order valence-electron chi connectivity index (χ2n) is 43.7. The van der Waals surface area contributed by atoms with Crippen molar-refractivity contribution < 1.29 is 94.9 Å². The molecular formula is C97H155BrCl3FN20O20Si6. The highest BCUT2D eigenvalue weighted by atomic mass is 79.9. The van der Waals surface area contributed by atoms with Gasteiger partial charge in [-0.15, -0.1) is 0 Å². The molecule has 0 aromatic heterocycles. The second-order valence-corrected chi connectivity index (χ2v) is 74.7. The van der Waals surface area contributed by atoms with E-state index in [1.54, 1.807) is 78.9 Å². The topological polar surface area (TPSA) is 572 Å². The summed E-state index contributed by atoms with van der Waals surface area (Å²) in [6.07, 6.45) is -5.98. The molecule has 0 bridgehead atoms. The van der Waals surface area contributed by atoms with Crippen LogP contribution in [0.2, 0.25) is 124 Å². The molecule has 148 heavy (non-hydrogen) atoms. The van der Waals surface area contributed by atoms with Gasteiger partial charge in [-0.1, -0.05) is 218 Å². The molecule has 0 saturated heterocycles. The van der Waals surface area contributed by atoms with E-state index >= 15 is 0 Å². The fraction of sp³-hybridized carbons (Fsp3) is 0.619. The number of nitro groups is 1. The zero-order chi connectivity index (χ0) is 113. The summed E-state index contributed by atoms with van der Waals surface area (Å²) >= 11 is 21.0. The number of ether oxygens (including phenoxy) is 6. The molecule has 40 nitrogen and oxygen atoms in total. The van der Waals surface area contributed by atoms with Gasteiger partial charge in [0.2, 0.25) is 0 Å². The van der Waals surface area contributed by atoms with E-state index in [-0.39, 0.29) is 121 Å². The number of non-ortho nitro benzene ring substituents is 1. The molecule has 6 N–H and O–H groups in total. The molecule has 0 spiro atoms. The number of halogens is 5. The van der Waals surface area contributed by atoms with Crippen LogP contribution in [0, 0.1) is 22.5 Å². The van der Waals surface area contributed by atoms with Gasteiger partial charge in [-0.3, -0.25) is 10.1 Å². The average molecular weight is 2300 g/mol. The molecule has 0 saturated carbocycles. The normalized spacial score (nSPS) is 14.5. The van der Waals surface area contributed by atoms with Gasteiger partial charge in [-0.2, -0.15) is 0 Å². The summed E-state index contributed by atoms with van der Waals surface area (Å²) in [5.41, 5.74) is 52.9. The van der Waals surface area contributed by atoms with Gasteiger partial charge in [-0.25, -0.2) is 9.24 Å². The molecule has 0 aliphatic rings. The first-order chi connectivity index (χ1) is 68.2. The first-order valence-corrected chi connectivity index (χ1v) is 67.0. The molecule has 0 amide bonds. The predicted molar refractivity (Wildman–Crippen MR) is 600 cm³/mol. The second kappa shape index (κ2) is 64.1. The Kier molecular flexibility index (Phi) is 59.3. The molecule has 0 heterocycles. The van der Waals surface area contributed by atoms with Crippen LogP contribution in [0.15, 0.2) is 175 Å². The molecular weight excluding hydrogens is 2140 g/mol. The van der Waals surface area contributed by atoms with Gasteiger partial charge in [0.15, 0.2) is 55.6 Å². The van der Waals surface area contributed by atoms with E-state index in [9.17, 15) is 45.1 Å². The van der Waals surface area contributed by atoms with Gasteiger partial charge in [0.1, 0.15) is 80.0 Å². The van der Waals surface area contributed by atoms with Crippen LogP contribution in [0.4, 0.5) is 15.8 Å². The van der Waals surface area contributed by atoms with Gasteiger partial charge in [0.25, 0.3) is 5.69 Å². The summed E-state index contributed by atoms with van der Waals surface area (Å²) < 4.78 is 82.9. The maximum Gasteiger partial charge on any atom is 0.269 e. The summed E-state index contributed by atoms with van der Waals surface area (Å²) in [6, 6.07) is 32.1. The molecule has 6 aromatic rings. The Balaban J connectivity index is 0.000000888. The number of rotatable bonds is 49. The number of azide groups is 6. The van der Waals surface area contributed by atoms with E-state index in [2.05, 4.69) is 284 Å². The summed E-state index contributed by atoms with van der Waals surface area (Å²) in [5, 5.41) is 95.8. The maximum absolute atomic E-state index is 12.8. The summed E-state index contributed by atoms with van der Waals surface area (Å²) in [4.78, 5) is 30.2. The molecule has 6 rings (SSSR count). The average Bonchev–Trinajstić information content (AvgIpc) is 0.849. The van der Waals surface area contributed by atoms with E-state index < -0.39 is 128 Å². The summed E-state index contributed by atoms with van der Waals surface area (Å²) in [7, 11) is -12.0. The maximum atomic E-state index is 12.8. The SMILES string of the molecule is CC(C)(C)[Si](C)(C)OC[C@H](N=[N+]=[N-])[C@H](O)COc1cc(Cl)cc(Cl)c1.CC(C)(C)[Si](C)(C)OC[C@H](N=[N+]=[N-])[C@H](O)COc1ccc(Br)cc1.CC(C)(C)[Si](C)(C)OC[C@H](N=[N+]=[N-])[C@H](O)COc1ccc(Cl)cc1.CC(C)(C)[Si](C)(C)OC[C@H](N=[N+]=[N-])[C@H](O)COc1ccc(F)cc1.CC(C)(C)[Si](C)(C)OC[C@H](N=[N+]=[N-])[C@H](O)COc1ccc([N+](=O)[O-])cc1.[C-]#[N+]c1ccc(OC[C@@H](O)[C@H](CO[Si](C)(C)C(C)(C)C)N=[N+]=[N-])cc1. The molecule has 0 aliphatic carbocycles. The van der Waals surface area contributed by atoms with Crippen LogP contribution < -0.4 is 28.4 Å². The van der Waals surface area contributed by atoms with Crippen LogP contribution in [0.1, 0.15) is 125 Å². The van der Waals surface area contributed by atoms with Crippen molar-refractivity contribution in [3.05, 3.63) is 249 Å². The lowest BCUT2D eigenvalue weighted by Crippen LogP contribution is -2.44. The Hall–Kier alpha value is -9.03. The Morgan fingerprint density at radius 1 is 0.324 bits per heavy atom. The highest BCUT2D eigenvalue weighted by Gasteiger charge is 2.44. The first kappa shape index (κ1) is 137. The van der Waals surface area contributed by atoms with E-state index in [4.69, 9.17) is 130 Å². The number of nitrogens with zero attached hydrogens (tertiary/aromatic N) is 20. The smallest absolute Gasteiger partial charge is 0.269 e. The minimum absolute atomic E-state index is 0.00584. The third-order valence-electron chi connectivity index (χ3n) is 26.2. The number of aliphatic hydroxyl groups is 6. The van der Waals surface area contributed by atoms with Crippen molar-refractivity contribution >= 4 is 112 Å². The van der Waals surface area contributed by atoms with Crippen molar-refractivity contribution in [3.8, 4) is 34.5 Å². The minimum atomic E-state index is -2.05. The van der Waals surface area contributed by atoms with Gasteiger partial charge in [0, 0.05) is 101 Å². The monoisotopic (exact) mass is 2290 g/mol. The molecule has 0 aliphatic heterocycles. The van der Waals surface area contributed by atoms with Crippen LogP contribution in [-0.2, 0) is 26.6 Å². The lowest BCUT2D eigenvalue weighted by Gasteiger charge is -2.37. The molecule has 0 radical (unpaired) electrons. The van der Waals surface area contributed by atoms with Crippen molar-refractivity contribution in [3.63, 3.8) is 0 Å². The summed E-state index contributed by atoms with van der Waals surface area (Å²) in [6.45, 7) is 70.8. The highest BCUT2D eigenvalue weighted by molar-refractivity contribution is 9.10. The number of benzene rings is 6. The fourth-order valence-corrected chi connectivity index (χ4v) is 17.0. The van der Waals surface area contributed by atoms with E-state index in [0.717, 1.165) is 4.47 Å². The van der Waals surface area contributed by atoms with Crippen LogP contribution in [-0.4, -0.2) is 238 Å². The first-order valence-electron chi connectivity index (χ1n) is 47.6. The number of nitro benzene ring substituents is 1. The Labute approximate surface area is 900 Å². The van der Waals surface area contributed by atoms with E-state index in [0.29, 0.717) is 55.3 Å². The zero-order valence-corrected chi connectivity index (χ0v) is 101.